The predicted octanol–water partition coefficient (Wildman–Crippen LogP) is 5.00. The number of hydrogen-bond donors (Lipinski definition) is 1. The molecule has 0 aliphatic heterocycles. The van der Waals surface area contributed by atoms with Crippen molar-refractivity contribution in [2.75, 3.05) is 0 Å². The van der Waals surface area contributed by atoms with E-state index in [9.17, 15) is 0 Å². The quantitative estimate of drug-likeness (QED) is 0.706. The van der Waals surface area contributed by atoms with Gasteiger partial charge < -0.3 is 5.32 Å². The van der Waals surface area contributed by atoms with Gasteiger partial charge in [-0.3, -0.25) is 0 Å². The van der Waals surface area contributed by atoms with Gasteiger partial charge in [0.1, 0.15) is 0 Å². The van der Waals surface area contributed by atoms with Crippen LogP contribution in [0.2, 0.25) is 0 Å². The largest absolute Gasteiger partial charge is 0.306 e. The maximum absolute atomic E-state index is 3.60. The summed E-state index contributed by atoms with van der Waals surface area (Å²) >= 11 is 0. The van der Waals surface area contributed by atoms with Crippen LogP contribution < -0.4 is 5.32 Å². The number of nitrogens with one attached hydrogen (secondary N) is 1. The van der Waals surface area contributed by atoms with Gasteiger partial charge >= 0.3 is 0 Å². The topological polar surface area (TPSA) is 12.0 Å². The van der Waals surface area contributed by atoms with E-state index in [4.69, 9.17) is 0 Å². The molecule has 0 fully saturated rings. The highest BCUT2D eigenvalue weighted by Gasteiger charge is 2.05. The van der Waals surface area contributed by atoms with Crippen molar-refractivity contribution in [1.29, 1.82) is 0 Å². The third-order valence-electron chi connectivity index (χ3n) is 4.01. The van der Waals surface area contributed by atoms with Crippen molar-refractivity contribution in [3.05, 3.63) is 83.4 Å². The molecule has 3 rings (SSSR count). The van der Waals surface area contributed by atoms with Crippen molar-refractivity contribution in [2.24, 2.45) is 0 Å². The van der Waals surface area contributed by atoms with Crippen molar-refractivity contribution in [1.82, 2.24) is 5.32 Å². The number of aryl methyl sites for hydroxylation is 1. The van der Waals surface area contributed by atoms with E-state index in [1.807, 2.05) is 0 Å². The van der Waals surface area contributed by atoms with Crippen LogP contribution in [0.3, 0.4) is 0 Å². The summed E-state index contributed by atoms with van der Waals surface area (Å²) in [5.41, 5.74) is 3.97. The minimum absolute atomic E-state index is 0.343. The maximum Gasteiger partial charge on any atom is 0.0295 e. The van der Waals surface area contributed by atoms with E-state index in [-0.39, 0.29) is 0 Å². The molecule has 0 aromatic heterocycles. The lowest BCUT2D eigenvalue weighted by atomic mass is 10.0. The first-order valence-corrected chi connectivity index (χ1v) is 7.50. The van der Waals surface area contributed by atoms with Crippen LogP contribution in [0.1, 0.15) is 29.7 Å². The smallest absolute Gasteiger partial charge is 0.0295 e. The third-order valence-corrected chi connectivity index (χ3v) is 4.01. The molecular formula is C20H21N. The van der Waals surface area contributed by atoms with Crippen LogP contribution in [0.25, 0.3) is 10.8 Å². The van der Waals surface area contributed by atoms with Gasteiger partial charge in [0.25, 0.3) is 0 Å². The molecule has 0 saturated heterocycles. The summed E-state index contributed by atoms with van der Waals surface area (Å²) in [7, 11) is 0. The molecule has 106 valence electrons. The fourth-order valence-electron chi connectivity index (χ4n) is 2.57. The molecule has 0 bridgehead atoms. The summed E-state index contributed by atoms with van der Waals surface area (Å²) in [6.45, 7) is 5.24. The molecule has 0 amide bonds. The average Bonchev–Trinajstić information content (AvgIpc) is 2.53. The van der Waals surface area contributed by atoms with Crippen LogP contribution in [-0.2, 0) is 6.54 Å². The second-order valence-electron chi connectivity index (χ2n) is 5.69. The molecule has 0 aliphatic rings. The second kappa shape index (κ2) is 6.11. The monoisotopic (exact) mass is 275 g/mol. The maximum atomic E-state index is 3.60. The first-order valence-electron chi connectivity index (χ1n) is 7.50. The molecule has 1 heteroatoms. The first-order chi connectivity index (χ1) is 10.2. The Labute approximate surface area is 126 Å². The van der Waals surface area contributed by atoms with Gasteiger partial charge in [-0.05, 0) is 41.8 Å². The number of benzene rings is 3. The Kier molecular flexibility index (Phi) is 4.03. The Morgan fingerprint density at radius 3 is 2.33 bits per heavy atom. The zero-order chi connectivity index (χ0) is 14.7. The summed E-state index contributed by atoms with van der Waals surface area (Å²) in [5, 5.41) is 6.20. The van der Waals surface area contributed by atoms with Crippen molar-refractivity contribution < 1.29 is 0 Å². The molecule has 0 saturated carbocycles. The normalized spacial score (nSPS) is 12.5. The summed E-state index contributed by atoms with van der Waals surface area (Å²) < 4.78 is 0. The number of rotatable bonds is 4. The second-order valence-corrected chi connectivity index (χ2v) is 5.69. The standard InChI is InChI=1S/C20H21N/c1-15-7-9-17(10-8-15)14-21-16(2)19-12-11-18-5-3-4-6-20(18)13-19/h3-13,16,21H,14H2,1-2H3. The molecule has 21 heavy (non-hydrogen) atoms. The van der Waals surface area contributed by atoms with E-state index >= 15 is 0 Å². The third kappa shape index (κ3) is 3.32. The Morgan fingerprint density at radius 1 is 0.857 bits per heavy atom. The predicted molar refractivity (Wildman–Crippen MR) is 90.4 cm³/mol. The fourth-order valence-corrected chi connectivity index (χ4v) is 2.57. The molecule has 0 aliphatic carbocycles. The summed E-state index contributed by atoms with van der Waals surface area (Å²) in [6, 6.07) is 24.3. The van der Waals surface area contributed by atoms with Crippen LogP contribution >= 0.6 is 0 Å². The highest BCUT2D eigenvalue weighted by Crippen LogP contribution is 2.20. The van der Waals surface area contributed by atoms with Gasteiger partial charge in [0.15, 0.2) is 0 Å². The Hall–Kier alpha value is -2.12. The SMILES string of the molecule is Cc1ccc(CNC(C)c2ccc3ccccc3c2)cc1. The minimum atomic E-state index is 0.343. The number of fused-ring (bicyclic) bond motifs is 1. The molecule has 3 aromatic carbocycles. The van der Waals surface area contributed by atoms with E-state index in [1.54, 1.807) is 0 Å². The molecule has 0 spiro atoms. The lowest BCUT2D eigenvalue weighted by Crippen LogP contribution is -2.18. The van der Waals surface area contributed by atoms with Crippen LogP contribution in [0.4, 0.5) is 0 Å². The zero-order valence-corrected chi connectivity index (χ0v) is 12.6. The van der Waals surface area contributed by atoms with Gasteiger partial charge in [-0.15, -0.1) is 0 Å². The molecule has 1 nitrogen and oxygen atoms in total. The van der Waals surface area contributed by atoms with E-state index in [2.05, 4.69) is 85.9 Å². The molecule has 0 heterocycles. The lowest BCUT2D eigenvalue weighted by Gasteiger charge is -2.15. The van der Waals surface area contributed by atoms with Crippen LogP contribution in [0, 0.1) is 6.92 Å². The van der Waals surface area contributed by atoms with Crippen LogP contribution in [-0.4, -0.2) is 0 Å². The molecule has 3 aromatic rings. The van der Waals surface area contributed by atoms with Crippen molar-refractivity contribution in [2.45, 2.75) is 26.4 Å². The van der Waals surface area contributed by atoms with E-state index in [1.165, 1.54) is 27.5 Å². The Balaban J connectivity index is 1.71. The van der Waals surface area contributed by atoms with Crippen molar-refractivity contribution in [3.63, 3.8) is 0 Å². The van der Waals surface area contributed by atoms with Gasteiger partial charge in [-0.25, -0.2) is 0 Å². The van der Waals surface area contributed by atoms with Crippen LogP contribution in [0.15, 0.2) is 66.7 Å². The van der Waals surface area contributed by atoms with Crippen molar-refractivity contribution in [3.8, 4) is 0 Å². The molecule has 1 N–H and O–H groups in total. The summed E-state index contributed by atoms with van der Waals surface area (Å²) in [5.74, 6) is 0. The van der Waals surface area contributed by atoms with Gasteiger partial charge in [0, 0.05) is 12.6 Å². The minimum Gasteiger partial charge on any atom is -0.306 e. The Morgan fingerprint density at radius 2 is 1.57 bits per heavy atom. The molecule has 1 unspecified atom stereocenters. The van der Waals surface area contributed by atoms with Gasteiger partial charge in [-0.2, -0.15) is 0 Å². The fraction of sp³-hybridized carbons (Fsp3) is 0.200. The van der Waals surface area contributed by atoms with E-state index in [0.29, 0.717) is 6.04 Å². The van der Waals surface area contributed by atoms with E-state index < -0.39 is 0 Å². The number of hydrogen-bond acceptors (Lipinski definition) is 1. The van der Waals surface area contributed by atoms with E-state index in [0.717, 1.165) is 6.54 Å². The summed E-state index contributed by atoms with van der Waals surface area (Å²) in [6.07, 6.45) is 0. The van der Waals surface area contributed by atoms with Crippen molar-refractivity contribution >= 4 is 10.8 Å². The van der Waals surface area contributed by atoms with Gasteiger partial charge in [0.2, 0.25) is 0 Å². The zero-order valence-electron chi connectivity index (χ0n) is 12.6. The lowest BCUT2D eigenvalue weighted by molar-refractivity contribution is 0.575. The highest BCUT2D eigenvalue weighted by molar-refractivity contribution is 5.83. The molecule has 0 radical (unpaired) electrons. The molecular weight excluding hydrogens is 254 g/mol. The average molecular weight is 275 g/mol. The summed E-state index contributed by atoms with van der Waals surface area (Å²) in [4.78, 5) is 0. The first kappa shape index (κ1) is 13.8. The highest BCUT2D eigenvalue weighted by atomic mass is 14.9. The van der Waals surface area contributed by atoms with Gasteiger partial charge in [0.05, 0.1) is 0 Å². The molecule has 1 atom stereocenters. The Bertz CT molecular complexity index is 728. The van der Waals surface area contributed by atoms with Gasteiger partial charge in [-0.1, -0.05) is 66.2 Å². The van der Waals surface area contributed by atoms with Crippen LogP contribution in [0.5, 0.6) is 0 Å².